The number of ether oxygens (including phenoxy) is 2. The zero-order valence-electron chi connectivity index (χ0n) is 14.7. The van der Waals surface area contributed by atoms with Crippen LogP contribution in [0.1, 0.15) is 60.8 Å². The minimum absolute atomic E-state index is 0.211. The highest BCUT2D eigenvalue weighted by Gasteiger charge is 2.27. The molecule has 0 N–H and O–H groups in total. The molecule has 0 fully saturated rings. The van der Waals surface area contributed by atoms with Crippen LogP contribution in [-0.4, -0.2) is 41.2 Å². The first-order valence-corrected chi connectivity index (χ1v) is 9.53. The summed E-state index contributed by atoms with van der Waals surface area (Å²) in [7, 11) is 2.81. The average Bonchev–Trinajstić information content (AvgIpc) is 2.98. The zero-order valence-corrected chi connectivity index (χ0v) is 15.5. The second-order valence-electron chi connectivity index (χ2n) is 5.91. The van der Waals surface area contributed by atoms with Crippen molar-refractivity contribution in [1.82, 2.24) is 9.78 Å². The Kier molecular flexibility index (Phi) is 7.15. The Labute approximate surface area is 147 Å². The van der Waals surface area contributed by atoms with Gasteiger partial charge in [-0.05, 0) is 25.7 Å². The number of esters is 2. The molecule has 0 aliphatic carbocycles. The second-order valence-corrected chi connectivity index (χ2v) is 7.10. The van der Waals surface area contributed by atoms with Crippen LogP contribution < -0.4 is 0 Å². The highest BCUT2D eigenvalue weighted by molar-refractivity contribution is 7.99. The monoisotopic (exact) mass is 354 g/mol. The molecule has 6 nitrogen and oxygen atoms in total. The Morgan fingerprint density at radius 3 is 2.75 bits per heavy atom. The molecule has 0 radical (unpaired) electrons. The summed E-state index contributed by atoms with van der Waals surface area (Å²) in [6.07, 6.45) is 5.75. The molecule has 0 aromatic carbocycles. The lowest BCUT2D eigenvalue weighted by Crippen LogP contribution is -2.19. The molecule has 7 heteroatoms. The molecular formula is C17H26N2O4S. The summed E-state index contributed by atoms with van der Waals surface area (Å²) in [6.45, 7) is 2.93. The quantitative estimate of drug-likeness (QED) is 0.669. The first-order chi connectivity index (χ1) is 11.6. The van der Waals surface area contributed by atoms with Gasteiger partial charge in [-0.3, -0.25) is 9.48 Å². The number of thioether (sulfide) groups is 1. The van der Waals surface area contributed by atoms with Crippen LogP contribution in [0, 0.1) is 0 Å². The summed E-state index contributed by atoms with van der Waals surface area (Å²) >= 11 is 1.49. The summed E-state index contributed by atoms with van der Waals surface area (Å²) in [5.41, 5.74) is 2.27. The molecule has 24 heavy (non-hydrogen) atoms. The molecule has 2 rings (SSSR count). The third-order valence-corrected chi connectivity index (χ3v) is 5.53. The van der Waals surface area contributed by atoms with E-state index in [4.69, 9.17) is 9.47 Å². The summed E-state index contributed by atoms with van der Waals surface area (Å²) in [5.74, 6) is -0.0394. The first kappa shape index (κ1) is 18.8. The van der Waals surface area contributed by atoms with Crippen LogP contribution in [0.3, 0.4) is 0 Å². The van der Waals surface area contributed by atoms with Crippen molar-refractivity contribution >= 4 is 23.7 Å². The lowest BCUT2D eigenvalue weighted by Gasteiger charge is -2.14. The van der Waals surface area contributed by atoms with Crippen molar-refractivity contribution in [2.75, 3.05) is 14.2 Å². The molecule has 1 unspecified atom stereocenters. The van der Waals surface area contributed by atoms with Crippen LogP contribution in [0.5, 0.6) is 0 Å². The van der Waals surface area contributed by atoms with Crippen LogP contribution in [0.4, 0.5) is 0 Å². The Morgan fingerprint density at radius 2 is 2.08 bits per heavy atom. The smallest absolute Gasteiger partial charge is 0.341 e. The Morgan fingerprint density at radius 1 is 1.29 bits per heavy atom. The van der Waals surface area contributed by atoms with Crippen molar-refractivity contribution in [2.24, 2.45) is 0 Å². The third-order valence-electron chi connectivity index (χ3n) is 4.26. The van der Waals surface area contributed by atoms with Gasteiger partial charge in [-0.2, -0.15) is 5.10 Å². The summed E-state index contributed by atoms with van der Waals surface area (Å²) in [5, 5.41) is 4.38. The van der Waals surface area contributed by atoms with Gasteiger partial charge in [0, 0.05) is 12.3 Å². The minimum atomic E-state index is -0.336. The molecule has 0 saturated heterocycles. The van der Waals surface area contributed by atoms with E-state index >= 15 is 0 Å². The predicted octanol–water partition coefficient (Wildman–Crippen LogP) is 2.97. The number of carbonyl (C=O) groups excluding carboxylic acids is 2. The highest BCUT2D eigenvalue weighted by Crippen LogP contribution is 2.28. The van der Waals surface area contributed by atoms with Gasteiger partial charge >= 0.3 is 11.9 Å². The molecule has 1 aliphatic heterocycles. The van der Waals surface area contributed by atoms with Crippen molar-refractivity contribution in [2.45, 2.75) is 63.0 Å². The number of aryl methyl sites for hydroxylation is 1. The highest BCUT2D eigenvalue weighted by atomic mass is 32.2. The van der Waals surface area contributed by atoms with Crippen molar-refractivity contribution < 1.29 is 19.1 Å². The number of methoxy groups -OCH3 is 2. The van der Waals surface area contributed by atoms with Gasteiger partial charge in [0.05, 0.1) is 25.6 Å². The van der Waals surface area contributed by atoms with Crippen LogP contribution in [-0.2, 0) is 33.0 Å². The third kappa shape index (κ3) is 4.32. The number of hydrogen-bond donors (Lipinski definition) is 0. The van der Waals surface area contributed by atoms with Crippen molar-refractivity contribution in [3.05, 3.63) is 17.0 Å². The van der Waals surface area contributed by atoms with Crippen molar-refractivity contribution in [3.8, 4) is 0 Å². The maximum Gasteiger partial charge on any atom is 0.341 e. The summed E-state index contributed by atoms with van der Waals surface area (Å²) in [4.78, 5) is 24.1. The summed E-state index contributed by atoms with van der Waals surface area (Å²) < 4.78 is 11.8. The van der Waals surface area contributed by atoms with E-state index in [0.29, 0.717) is 17.0 Å². The van der Waals surface area contributed by atoms with Gasteiger partial charge < -0.3 is 9.47 Å². The van der Waals surface area contributed by atoms with E-state index in [1.54, 1.807) is 0 Å². The van der Waals surface area contributed by atoms with Gasteiger partial charge in [0.15, 0.2) is 0 Å². The molecule has 1 aromatic heterocycles. The number of rotatable bonds is 8. The van der Waals surface area contributed by atoms with Crippen LogP contribution >= 0.6 is 11.8 Å². The normalized spacial score (nSPS) is 14.8. The van der Waals surface area contributed by atoms with Crippen LogP contribution in [0.2, 0.25) is 0 Å². The largest absolute Gasteiger partial charge is 0.468 e. The first-order valence-electron chi connectivity index (χ1n) is 8.48. The molecule has 0 bridgehead atoms. The van der Waals surface area contributed by atoms with E-state index in [-0.39, 0.29) is 17.2 Å². The number of aromatic nitrogens is 2. The fourth-order valence-corrected chi connectivity index (χ4v) is 4.08. The van der Waals surface area contributed by atoms with Gasteiger partial charge in [0.1, 0.15) is 10.8 Å². The summed E-state index contributed by atoms with van der Waals surface area (Å²) in [6, 6.07) is 0. The molecule has 1 aliphatic rings. The van der Waals surface area contributed by atoms with Gasteiger partial charge in [-0.15, -0.1) is 11.8 Å². The van der Waals surface area contributed by atoms with E-state index in [1.165, 1.54) is 26.0 Å². The molecular weight excluding hydrogens is 328 g/mol. The van der Waals surface area contributed by atoms with E-state index < -0.39 is 0 Å². The molecule has 0 spiro atoms. The van der Waals surface area contributed by atoms with Crippen molar-refractivity contribution in [3.63, 3.8) is 0 Å². The Bertz CT molecular complexity index is 585. The van der Waals surface area contributed by atoms with E-state index in [0.717, 1.165) is 50.8 Å². The fourth-order valence-electron chi connectivity index (χ4n) is 2.95. The lowest BCUT2D eigenvalue weighted by molar-refractivity contribution is -0.140. The predicted molar refractivity (Wildman–Crippen MR) is 93.1 cm³/mol. The number of carbonyl (C=O) groups is 2. The maximum absolute atomic E-state index is 12.2. The number of unbranched alkanes of at least 4 members (excludes halogenated alkanes) is 1. The minimum Gasteiger partial charge on any atom is -0.468 e. The van der Waals surface area contributed by atoms with Gasteiger partial charge in [0.2, 0.25) is 0 Å². The molecule has 134 valence electrons. The fraction of sp³-hybridized carbons (Fsp3) is 0.706. The second kappa shape index (κ2) is 9.11. The topological polar surface area (TPSA) is 70.4 Å². The number of fused-ring (bicyclic) bond motifs is 1. The van der Waals surface area contributed by atoms with Crippen LogP contribution in [0.25, 0.3) is 0 Å². The van der Waals surface area contributed by atoms with Crippen LogP contribution in [0.15, 0.2) is 0 Å². The number of hydrogen-bond acceptors (Lipinski definition) is 6. The molecule has 1 atom stereocenters. The molecule has 0 amide bonds. The Balaban J connectivity index is 2.17. The lowest BCUT2D eigenvalue weighted by atomic mass is 10.1. The van der Waals surface area contributed by atoms with Gasteiger partial charge in [0.25, 0.3) is 0 Å². The number of nitrogens with zero attached hydrogens (tertiary/aromatic N) is 2. The van der Waals surface area contributed by atoms with E-state index in [9.17, 15) is 9.59 Å². The van der Waals surface area contributed by atoms with E-state index in [1.807, 2.05) is 4.68 Å². The van der Waals surface area contributed by atoms with Gasteiger partial charge in [-0.25, -0.2) is 4.79 Å². The molecule has 2 heterocycles. The van der Waals surface area contributed by atoms with E-state index in [2.05, 4.69) is 12.0 Å². The van der Waals surface area contributed by atoms with Crippen molar-refractivity contribution in [1.29, 1.82) is 0 Å². The standard InChI is InChI=1S/C17H26N2O4S/c1-4-5-9-14(16(20)22-2)24-11-12-15(17(21)23-3)13-8-6-7-10-19(13)18-12/h14H,4-11H2,1-3H3. The maximum atomic E-state index is 12.2. The average molecular weight is 354 g/mol. The Hall–Kier alpha value is -1.50. The molecule has 1 aromatic rings. The SMILES string of the molecule is CCCCC(SCc1nn2c(c1C(=O)OC)CCCC2)C(=O)OC. The van der Waals surface area contributed by atoms with Gasteiger partial charge in [-0.1, -0.05) is 19.8 Å². The zero-order chi connectivity index (χ0) is 17.5. The molecule has 0 saturated carbocycles.